The fourth-order valence-corrected chi connectivity index (χ4v) is 3.70. The monoisotopic (exact) mass is 470 g/mol. The highest BCUT2D eigenvalue weighted by Gasteiger charge is 2.20. The number of benzene rings is 2. The summed E-state index contributed by atoms with van der Waals surface area (Å²) in [5, 5.41) is 9.30. The topological polar surface area (TPSA) is 99.7 Å². The van der Waals surface area contributed by atoms with Gasteiger partial charge in [-0.25, -0.2) is 5.43 Å². The van der Waals surface area contributed by atoms with Gasteiger partial charge in [-0.2, -0.15) is 5.10 Å². The standard InChI is InChI=1S/C22H23BrN4O3/c23-16-8-6-7-15(13-16)14-24-27-22(30)21(29)26-19-12-5-4-11-18(19)20(28)25-17-9-2-1-3-10-17/h4-8,11-14,17H,1-3,9-10H2,(H,25,28)(H,26,29)(H,27,30). The summed E-state index contributed by atoms with van der Waals surface area (Å²) >= 11 is 3.35. The highest BCUT2D eigenvalue weighted by molar-refractivity contribution is 9.10. The zero-order chi connectivity index (χ0) is 21.3. The molecule has 0 unspecified atom stereocenters. The van der Waals surface area contributed by atoms with Gasteiger partial charge in [0.15, 0.2) is 0 Å². The fourth-order valence-electron chi connectivity index (χ4n) is 3.28. The van der Waals surface area contributed by atoms with Crippen LogP contribution in [-0.4, -0.2) is 30.0 Å². The van der Waals surface area contributed by atoms with E-state index in [0.717, 1.165) is 35.7 Å². The third kappa shape index (κ3) is 6.25. The second-order valence-corrected chi connectivity index (χ2v) is 7.98. The number of hydrazone groups is 1. The van der Waals surface area contributed by atoms with Gasteiger partial charge in [0.1, 0.15) is 0 Å². The number of halogens is 1. The van der Waals surface area contributed by atoms with Crippen LogP contribution in [0.2, 0.25) is 0 Å². The molecule has 0 saturated heterocycles. The van der Waals surface area contributed by atoms with Crippen LogP contribution in [0.3, 0.4) is 0 Å². The molecule has 2 aromatic rings. The van der Waals surface area contributed by atoms with E-state index in [1.165, 1.54) is 12.6 Å². The Balaban J connectivity index is 1.59. The predicted octanol–water partition coefficient (Wildman–Crippen LogP) is 3.60. The molecule has 30 heavy (non-hydrogen) atoms. The van der Waals surface area contributed by atoms with Crippen LogP contribution in [0, 0.1) is 0 Å². The summed E-state index contributed by atoms with van der Waals surface area (Å²) < 4.78 is 0.874. The van der Waals surface area contributed by atoms with Crippen LogP contribution in [0.1, 0.15) is 48.0 Å². The van der Waals surface area contributed by atoms with Crippen molar-refractivity contribution in [2.24, 2.45) is 5.10 Å². The van der Waals surface area contributed by atoms with E-state index >= 15 is 0 Å². The number of para-hydroxylation sites is 1. The first-order valence-corrected chi connectivity index (χ1v) is 10.6. The summed E-state index contributed by atoms with van der Waals surface area (Å²) in [6, 6.07) is 14.1. The van der Waals surface area contributed by atoms with Gasteiger partial charge in [-0.15, -0.1) is 0 Å². The molecule has 3 N–H and O–H groups in total. The van der Waals surface area contributed by atoms with Gasteiger partial charge >= 0.3 is 11.8 Å². The first-order valence-electron chi connectivity index (χ1n) is 9.83. The van der Waals surface area contributed by atoms with Crippen LogP contribution in [0.15, 0.2) is 58.1 Å². The Morgan fingerprint density at radius 2 is 1.73 bits per heavy atom. The SMILES string of the molecule is O=C(NN=Cc1cccc(Br)c1)C(=O)Nc1ccccc1C(=O)NC1CCCCC1. The molecule has 1 saturated carbocycles. The van der Waals surface area contributed by atoms with Crippen LogP contribution >= 0.6 is 15.9 Å². The van der Waals surface area contributed by atoms with E-state index in [0.29, 0.717) is 5.56 Å². The molecule has 0 spiro atoms. The van der Waals surface area contributed by atoms with Gasteiger partial charge in [0.25, 0.3) is 5.91 Å². The van der Waals surface area contributed by atoms with Crippen LogP contribution < -0.4 is 16.1 Å². The Hall–Kier alpha value is -3.00. The second-order valence-electron chi connectivity index (χ2n) is 7.06. The van der Waals surface area contributed by atoms with Crippen molar-refractivity contribution in [3.05, 3.63) is 64.1 Å². The molecule has 1 aliphatic rings. The minimum Gasteiger partial charge on any atom is -0.349 e. The van der Waals surface area contributed by atoms with Crippen molar-refractivity contribution < 1.29 is 14.4 Å². The Kier molecular flexibility index (Phi) is 7.73. The number of anilines is 1. The lowest BCUT2D eigenvalue weighted by atomic mass is 9.95. The summed E-state index contributed by atoms with van der Waals surface area (Å²) in [6.45, 7) is 0. The molecule has 3 amide bonds. The molecule has 3 rings (SSSR count). The van der Waals surface area contributed by atoms with Crippen molar-refractivity contribution in [2.75, 3.05) is 5.32 Å². The van der Waals surface area contributed by atoms with E-state index in [-0.39, 0.29) is 17.6 Å². The quantitative estimate of drug-likeness (QED) is 0.353. The van der Waals surface area contributed by atoms with Gasteiger partial charge in [0.05, 0.1) is 17.5 Å². The number of carbonyl (C=O) groups excluding carboxylic acids is 3. The summed E-state index contributed by atoms with van der Waals surface area (Å²) in [5.41, 5.74) is 3.55. The molecule has 2 aromatic carbocycles. The van der Waals surface area contributed by atoms with Crippen LogP contribution in [0.4, 0.5) is 5.69 Å². The maximum atomic E-state index is 12.7. The number of hydrogen-bond acceptors (Lipinski definition) is 4. The number of amides is 3. The van der Waals surface area contributed by atoms with E-state index in [1.54, 1.807) is 24.3 Å². The van der Waals surface area contributed by atoms with E-state index in [1.807, 2.05) is 24.3 Å². The maximum Gasteiger partial charge on any atom is 0.329 e. The molecule has 0 bridgehead atoms. The summed E-state index contributed by atoms with van der Waals surface area (Å²) in [4.78, 5) is 36.9. The Morgan fingerprint density at radius 3 is 2.50 bits per heavy atom. The molecule has 1 fully saturated rings. The van der Waals surface area contributed by atoms with Crippen LogP contribution in [0.25, 0.3) is 0 Å². The molecule has 7 nitrogen and oxygen atoms in total. The maximum absolute atomic E-state index is 12.7. The van der Waals surface area contributed by atoms with E-state index in [2.05, 4.69) is 37.1 Å². The number of hydrogen-bond donors (Lipinski definition) is 3. The van der Waals surface area contributed by atoms with Gasteiger partial charge in [-0.3, -0.25) is 14.4 Å². The molecule has 0 heterocycles. The van der Waals surface area contributed by atoms with Gasteiger partial charge in [-0.1, -0.05) is 59.5 Å². The minimum atomic E-state index is -0.927. The highest BCUT2D eigenvalue weighted by atomic mass is 79.9. The van der Waals surface area contributed by atoms with Crippen molar-refractivity contribution in [1.29, 1.82) is 0 Å². The zero-order valence-corrected chi connectivity index (χ0v) is 17.9. The van der Waals surface area contributed by atoms with E-state index in [9.17, 15) is 14.4 Å². The lowest BCUT2D eigenvalue weighted by molar-refractivity contribution is -0.136. The number of nitrogens with zero attached hydrogens (tertiary/aromatic N) is 1. The molecular formula is C22H23BrN4O3. The summed E-state index contributed by atoms with van der Waals surface area (Å²) in [7, 11) is 0. The second kappa shape index (κ2) is 10.7. The average molecular weight is 471 g/mol. The fraction of sp³-hybridized carbons (Fsp3) is 0.273. The molecule has 8 heteroatoms. The lowest BCUT2D eigenvalue weighted by Crippen LogP contribution is -2.37. The first-order chi connectivity index (χ1) is 14.5. The smallest absolute Gasteiger partial charge is 0.329 e. The molecule has 0 aliphatic heterocycles. The largest absolute Gasteiger partial charge is 0.349 e. The molecule has 156 valence electrons. The lowest BCUT2D eigenvalue weighted by Gasteiger charge is -2.23. The Labute approximate surface area is 183 Å². The normalized spacial score (nSPS) is 14.3. The van der Waals surface area contributed by atoms with Crippen molar-refractivity contribution in [3.63, 3.8) is 0 Å². The van der Waals surface area contributed by atoms with Gasteiger partial charge in [0.2, 0.25) is 0 Å². The zero-order valence-electron chi connectivity index (χ0n) is 16.4. The third-order valence-corrected chi connectivity index (χ3v) is 5.29. The summed E-state index contributed by atoms with van der Waals surface area (Å²) in [6.07, 6.45) is 6.74. The van der Waals surface area contributed by atoms with Crippen LogP contribution in [-0.2, 0) is 9.59 Å². The molecule has 0 aromatic heterocycles. The number of rotatable bonds is 5. The predicted molar refractivity (Wildman–Crippen MR) is 119 cm³/mol. The van der Waals surface area contributed by atoms with Crippen molar-refractivity contribution in [2.45, 2.75) is 38.1 Å². The Bertz CT molecular complexity index is 955. The van der Waals surface area contributed by atoms with Crippen molar-refractivity contribution in [3.8, 4) is 0 Å². The van der Waals surface area contributed by atoms with Gasteiger partial charge in [-0.05, 0) is 42.7 Å². The van der Waals surface area contributed by atoms with E-state index < -0.39 is 11.8 Å². The average Bonchev–Trinajstić information content (AvgIpc) is 2.74. The van der Waals surface area contributed by atoms with Gasteiger partial charge in [0, 0.05) is 10.5 Å². The molecular weight excluding hydrogens is 448 g/mol. The first kappa shape index (κ1) is 21.7. The number of nitrogens with one attached hydrogen (secondary N) is 3. The third-order valence-electron chi connectivity index (χ3n) is 4.79. The molecule has 0 radical (unpaired) electrons. The van der Waals surface area contributed by atoms with Gasteiger partial charge < -0.3 is 10.6 Å². The molecule has 1 aliphatic carbocycles. The van der Waals surface area contributed by atoms with Crippen molar-refractivity contribution >= 4 is 45.6 Å². The van der Waals surface area contributed by atoms with Crippen LogP contribution in [0.5, 0.6) is 0 Å². The molecule has 0 atom stereocenters. The summed E-state index contributed by atoms with van der Waals surface area (Å²) in [5.74, 6) is -2.09. The minimum absolute atomic E-state index is 0.144. The number of carbonyl (C=O) groups is 3. The van der Waals surface area contributed by atoms with E-state index in [4.69, 9.17) is 0 Å². The highest BCUT2D eigenvalue weighted by Crippen LogP contribution is 2.20. The van der Waals surface area contributed by atoms with Crippen molar-refractivity contribution in [1.82, 2.24) is 10.7 Å². The Morgan fingerprint density at radius 1 is 0.967 bits per heavy atom.